The number of amidine groups is 1. The molecule has 11 heavy (non-hydrogen) atoms. The second-order valence-electron chi connectivity index (χ2n) is 2.77. The van der Waals surface area contributed by atoms with Gasteiger partial charge in [0.15, 0.2) is 0 Å². The van der Waals surface area contributed by atoms with Crippen molar-refractivity contribution >= 4 is 5.84 Å². The van der Waals surface area contributed by atoms with Crippen LogP contribution in [0.25, 0.3) is 0 Å². The lowest BCUT2D eigenvalue weighted by Crippen LogP contribution is -2.08. The quantitative estimate of drug-likeness (QED) is 0.296. The molecule has 3 nitrogen and oxygen atoms in total. The van der Waals surface area contributed by atoms with Crippen molar-refractivity contribution < 1.29 is 5.11 Å². The molecule has 0 rings (SSSR count). The highest BCUT2D eigenvalue weighted by Crippen LogP contribution is 2.04. The first-order chi connectivity index (χ1) is 5.27. The third-order valence-corrected chi connectivity index (χ3v) is 1.60. The minimum atomic E-state index is 0.284. The summed E-state index contributed by atoms with van der Waals surface area (Å²) in [5.74, 6) is 0.284. The lowest BCUT2D eigenvalue weighted by Gasteiger charge is -1.98. The van der Waals surface area contributed by atoms with Crippen molar-refractivity contribution in [2.24, 2.45) is 5.73 Å². The van der Waals surface area contributed by atoms with Crippen LogP contribution in [0.15, 0.2) is 0 Å². The van der Waals surface area contributed by atoms with Gasteiger partial charge < -0.3 is 10.8 Å². The molecular formula is C8H18N2O. The van der Waals surface area contributed by atoms with Crippen molar-refractivity contribution in [3.63, 3.8) is 0 Å². The minimum Gasteiger partial charge on any atom is -0.396 e. The highest BCUT2D eigenvalue weighted by Gasteiger charge is 1.91. The largest absolute Gasteiger partial charge is 0.396 e. The average Bonchev–Trinajstić information content (AvgIpc) is 1.96. The predicted molar refractivity (Wildman–Crippen MR) is 46.7 cm³/mol. The second-order valence-corrected chi connectivity index (χ2v) is 2.77. The van der Waals surface area contributed by atoms with E-state index in [4.69, 9.17) is 16.2 Å². The predicted octanol–water partition coefficient (Wildman–Crippen LogP) is 1.26. The molecule has 0 saturated heterocycles. The molecule has 0 aliphatic carbocycles. The molecule has 0 bridgehead atoms. The van der Waals surface area contributed by atoms with Gasteiger partial charge in [-0.15, -0.1) is 0 Å². The van der Waals surface area contributed by atoms with Gasteiger partial charge >= 0.3 is 0 Å². The zero-order valence-corrected chi connectivity index (χ0v) is 6.97. The van der Waals surface area contributed by atoms with Crippen LogP contribution in [0.4, 0.5) is 0 Å². The molecule has 0 spiro atoms. The topological polar surface area (TPSA) is 70.1 Å². The number of rotatable bonds is 7. The molecule has 0 fully saturated rings. The van der Waals surface area contributed by atoms with Crippen molar-refractivity contribution in [1.29, 1.82) is 5.41 Å². The van der Waals surface area contributed by atoms with Gasteiger partial charge in [0, 0.05) is 13.0 Å². The Kier molecular flexibility index (Phi) is 7.15. The highest BCUT2D eigenvalue weighted by atomic mass is 16.2. The van der Waals surface area contributed by atoms with Crippen LogP contribution in [0, 0.1) is 5.41 Å². The number of hydrogen-bond donors (Lipinski definition) is 3. The summed E-state index contributed by atoms with van der Waals surface area (Å²) in [6, 6.07) is 0. The molecule has 4 N–H and O–H groups in total. The average molecular weight is 158 g/mol. The smallest absolute Gasteiger partial charge is 0.0905 e. The first-order valence-corrected chi connectivity index (χ1v) is 4.21. The maximum atomic E-state index is 8.46. The number of unbranched alkanes of at least 4 members (excludes halogenated alkanes) is 4. The summed E-state index contributed by atoms with van der Waals surface area (Å²) in [4.78, 5) is 0. The van der Waals surface area contributed by atoms with E-state index in [0.29, 0.717) is 6.61 Å². The summed E-state index contributed by atoms with van der Waals surface area (Å²) in [6.45, 7) is 0.298. The molecule has 0 unspecified atom stereocenters. The van der Waals surface area contributed by atoms with E-state index < -0.39 is 0 Å². The van der Waals surface area contributed by atoms with Crippen molar-refractivity contribution in [3.05, 3.63) is 0 Å². The Hall–Kier alpha value is -0.570. The van der Waals surface area contributed by atoms with Crippen molar-refractivity contribution in [3.8, 4) is 0 Å². The van der Waals surface area contributed by atoms with E-state index in [2.05, 4.69) is 0 Å². The van der Waals surface area contributed by atoms with Crippen molar-refractivity contribution in [1.82, 2.24) is 0 Å². The van der Waals surface area contributed by atoms with Gasteiger partial charge in [0.2, 0.25) is 0 Å². The van der Waals surface area contributed by atoms with Crippen LogP contribution < -0.4 is 5.73 Å². The summed E-state index contributed by atoms with van der Waals surface area (Å²) in [5, 5.41) is 15.4. The molecule has 0 aromatic carbocycles. The monoisotopic (exact) mass is 158 g/mol. The zero-order chi connectivity index (χ0) is 8.53. The molecule has 66 valence electrons. The number of nitrogens with two attached hydrogens (primary N) is 1. The van der Waals surface area contributed by atoms with Crippen LogP contribution in [0.5, 0.6) is 0 Å². The lowest BCUT2D eigenvalue weighted by molar-refractivity contribution is 0.282. The van der Waals surface area contributed by atoms with E-state index in [-0.39, 0.29) is 5.84 Å². The molecule has 0 aliphatic rings. The van der Waals surface area contributed by atoms with Gasteiger partial charge in [0.25, 0.3) is 0 Å². The van der Waals surface area contributed by atoms with Crippen molar-refractivity contribution in [2.75, 3.05) is 6.61 Å². The fourth-order valence-electron chi connectivity index (χ4n) is 0.958. The maximum Gasteiger partial charge on any atom is 0.0905 e. The summed E-state index contributed by atoms with van der Waals surface area (Å²) < 4.78 is 0. The standard InChI is InChI=1S/C8H18N2O/c9-8(10)6-4-2-1-3-5-7-11/h11H,1-7H2,(H3,9,10). The summed E-state index contributed by atoms with van der Waals surface area (Å²) in [6.07, 6.45) is 6.00. The fourth-order valence-corrected chi connectivity index (χ4v) is 0.958. The van der Waals surface area contributed by atoms with Gasteiger partial charge in [-0.2, -0.15) is 0 Å². The van der Waals surface area contributed by atoms with E-state index >= 15 is 0 Å². The summed E-state index contributed by atoms with van der Waals surface area (Å²) in [7, 11) is 0. The molecule has 0 aromatic heterocycles. The van der Waals surface area contributed by atoms with E-state index in [9.17, 15) is 0 Å². The Morgan fingerprint density at radius 1 is 1.09 bits per heavy atom. The Morgan fingerprint density at radius 3 is 2.18 bits per heavy atom. The second kappa shape index (κ2) is 7.54. The molecule has 0 atom stereocenters. The third kappa shape index (κ3) is 9.43. The highest BCUT2D eigenvalue weighted by molar-refractivity contribution is 5.76. The van der Waals surface area contributed by atoms with Crippen LogP contribution >= 0.6 is 0 Å². The number of nitrogens with one attached hydrogen (secondary N) is 1. The maximum absolute atomic E-state index is 8.46. The normalized spacial score (nSPS) is 9.91. The van der Waals surface area contributed by atoms with Crippen LogP contribution in [-0.4, -0.2) is 17.5 Å². The number of aliphatic hydroxyl groups is 1. The molecular weight excluding hydrogens is 140 g/mol. The van der Waals surface area contributed by atoms with E-state index in [1.807, 2.05) is 0 Å². The Bertz CT molecular complexity index is 104. The lowest BCUT2D eigenvalue weighted by atomic mass is 10.1. The van der Waals surface area contributed by atoms with E-state index in [1.165, 1.54) is 0 Å². The molecule has 0 amide bonds. The number of hydrogen-bond acceptors (Lipinski definition) is 2. The van der Waals surface area contributed by atoms with Gasteiger partial charge in [-0.3, -0.25) is 5.41 Å². The number of aliphatic hydroxyl groups excluding tert-OH is 1. The molecule has 0 saturated carbocycles. The first-order valence-electron chi connectivity index (χ1n) is 4.21. The Balaban J connectivity index is 2.85. The summed E-state index contributed by atoms with van der Waals surface area (Å²) >= 11 is 0. The van der Waals surface area contributed by atoms with Gasteiger partial charge in [0.05, 0.1) is 5.84 Å². The van der Waals surface area contributed by atoms with Crippen LogP contribution in [-0.2, 0) is 0 Å². The van der Waals surface area contributed by atoms with Gasteiger partial charge in [-0.1, -0.05) is 19.3 Å². The van der Waals surface area contributed by atoms with E-state index in [1.54, 1.807) is 0 Å². The summed E-state index contributed by atoms with van der Waals surface area (Å²) in [5.41, 5.74) is 5.18. The third-order valence-electron chi connectivity index (χ3n) is 1.60. The van der Waals surface area contributed by atoms with E-state index in [0.717, 1.165) is 38.5 Å². The fraction of sp³-hybridized carbons (Fsp3) is 0.875. The molecule has 0 heterocycles. The van der Waals surface area contributed by atoms with Gasteiger partial charge in [0.1, 0.15) is 0 Å². The van der Waals surface area contributed by atoms with Gasteiger partial charge in [-0.05, 0) is 12.8 Å². The van der Waals surface area contributed by atoms with Crippen LogP contribution in [0.3, 0.4) is 0 Å². The molecule has 3 heteroatoms. The Labute approximate surface area is 68.1 Å². The molecule has 0 radical (unpaired) electrons. The SMILES string of the molecule is N=C(N)CCCCCCCO. The van der Waals surface area contributed by atoms with Crippen LogP contribution in [0.2, 0.25) is 0 Å². The molecule has 0 aromatic rings. The van der Waals surface area contributed by atoms with Crippen LogP contribution in [0.1, 0.15) is 38.5 Å². The first kappa shape index (κ1) is 10.4. The van der Waals surface area contributed by atoms with Gasteiger partial charge in [-0.25, -0.2) is 0 Å². The Morgan fingerprint density at radius 2 is 1.64 bits per heavy atom. The minimum absolute atomic E-state index is 0.284. The van der Waals surface area contributed by atoms with Crippen molar-refractivity contribution in [2.45, 2.75) is 38.5 Å². The molecule has 0 aliphatic heterocycles. The zero-order valence-electron chi connectivity index (χ0n) is 6.97.